The molecule has 9 heteroatoms. The van der Waals surface area contributed by atoms with E-state index >= 15 is 0 Å². The molecular weight excluding hydrogens is 634 g/mol. The Morgan fingerprint density at radius 1 is 1.09 bits per heavy atom. The summed E-state index contributed by atoms with van der Waals surface area (Å²) < 4.78 is 9.19. The third-order valence-electron chi connectivity index (χ3n) is 7.56. The van der Waals surface area contributed by atoms with Crippen LogP contribution in [0.1, 0.15) is 75.8 Å². The number of anilines is 2. The normalized spacial score (nSPS) is 14.7. The number of amides is 1. The van der Waals surface area contributed by atoms with E-state index in [1.807, 2.05) is 61.0 Å². The number of carbonyl (C=O) groups excluding carboxylic acids is 1. The second-order valence-electron chi connectivity index (χ2n) is 12.2. The summed E-state index contributed by atoms with van der Waals surface area (Å²) >= 11 is 5.30. The molecule has 0 saturated heterocycles. The number of allylic oxidation sites excluding steroid dienone is 1. The molecule has 0 bridgehead atoms. The topological polar surface area (TPSA) is 81.1 Å². The number of ether oxygens (including phenoxy) is 1. The highest BCUT2D eigenvalue weighted by Gasteiger charge is 2.36. The van der Waals surface area contributed by atoms with Crippen molar-refractivity contribution in [2.24, 2.45) is 0 Å². The summed E-state index contributed by atoms with van der Waals surface area (Å²) in [5.74, 6) is 1.99. The van der Waals surface area contributed by atoms with Crippen LogP contribution in [0.3, 0.4) is 0 Å². The fourth-order valence-corrected chi connectivity index (χ4v) is 6.42. The maximum absolute atomic E-state index is 14.1. The Morgan fingerprint density at radius 2 is 1.86 bits per heavy atom. The second kappa shape index (κ2) is 13.6. The summed E-state index contributed by atoms with van der Waals surface area (Å²) in [5, 5.41) is 12.1. The summed E-state index contributed by atoms with van der Waals surface area (Å²) in [7, 11) is 0. The van der Waals surface area contributed by atoms with Crippen LogP contribution in [0.25, 0.3) is 0 Å². The Morgan fingerprint density at radius 3 is 2.57 bits per heavy atom. The van der Waals surface area contributed by atoms with Crippen LogP contribution in [-0.4, -0.2) is 26.4 Å². The third kappa shape index (κ3) is 7.38. The lowest BCUT2D eigenvalue weighted by Crippen LogP contribution is -2.31. The summed E-state index contributed by atoms with van der Waals surface area (Å²) in [5.41, 5.74) is 6.30. The van der Waals surface area contributed by atoms with Gasteiger partial charge >= 0.3 is 0 Å². The molecule has 1 unspecified atom stereocenters. The standard InChI is InChI=1S/C35H40BrN5O2S/c1-7-8-18-44-34-39-33-37-23(3)30(32(42)38-27-11-9-10-22(2)19-27)31(41(33)40-34)28-20-26(36)16-17-29(28)43-21-24-12-14-25(15-13-24)35(4,5)6/h9-17,19-20,31H,7-8,18,21H2,1-6H3,(H,38,42)(H,37,39,40). The first-order valence-corrected chi connectivity index (χ1v) is 16.8. The Hall–Kier alpha value is -3.56. The molecule has 230 valence electrons. The van der Waals surface area contributed by atoms with Gasteiger partial charge in [0, 0.05) is 27.2 Å². The second-order valence-corrected chi connectivity index (χ2v) is 14.1. The van der Waals surface area contributed by atoms with Crippen LogP contribution in [0.2, 0.25) is 0 Å². The first kappa shape index (κ1) is 31.9. The number of nitrogens with one attached hydrogen (secondary N) is 2. The SMILES string of the molecule is CCCCSc1nc2n(n1)C(c1cc(Br)ccc1OCc1ccc(C(C)(C)C)cc1)C(C(=O)Nc1cccc(C)c1)=C(C)N2. The van der Waals surface area contributed by atoms with E-state index < -0.39 is 6.04 Å². The molecule has 1 atom stereocenters. The Balaban J connectivity index is 1.53. The van der Waals surface area contributed by atoms with Crippen molar-refractivity contribution in [3.05, 3.63) is 105 Å². The van der Waals surface area contributed by atoms with Gasteiger partial charge in [0.05, 0.1) is 5.57 Å². The first-order chi connectivity index (χ1) is 21.0. The van der Waals surface area contributed by atoms with Crippen molar-refractivity contribution in [3.8, 4) is 5.75 Å². The lowest BCUT2D eigenvalue weighted by molar-refractivity contribution is -0.113. The zero-order chi connectivity index (χ0) is 31.4. The van der Waals surface area contributed by atoms with Crippen molar-refractivity contribution >= 4 is 45.2 Å². The molecule has 2 N–H and O–H groups in total. The molecular formula is C35H40BrN5O2S. The van der Waals surface area contributed by atoms with Crippen LogP contribution in [0.15, 0.2) is 87.6 Å². The smallest absolute Gasteiger partial charge is 0.255 e. The lowest BCUT2D eigenvalue weighted by Gasteiger charge is -2.30. The van der Waals surface area contributed by atoms with E-state index in [1.165, 1.54) is 5.56 Å². The van der Waals surface area contributed by atoms with Gasteiger partial charge < -0.3 is 15.4 Å². The number of hydrogen-bond acceptors (Lipinski definition) is 6. The van der Waals surface area contributed by atoms with Crippen molar-refractivity contribution in [2.75, 3.05) is 16.4 Å². The van der Waals surface area contributed by atoms with Gasteiger partial charge in [-0.05, 0) is 72.7 Å². The maximum Gasteiger partial charge on any atom is 0.255 e. The molecule has 1 aliphatic rings. The third-order valence-corrected chi connectivity index (χ3v) is 8.98. The van der Waals surface area contributed by atoms with E-state index in [4.69, 9.17) is 14.8 Å². The van der Waals surface area contributed by atoms with E-state index in [9.17, 15) is 4.79 Å². The lowest BCUT2D eigenvalue weighted by atomic mass is 9.87. The highest BCUT2D eigenvalue weighted by molar-refractivity contribution is 9.10. The van der Waals surface area contributed by atoms with Gasteiger partial charge in [-0.2, -0.15) is 4.98 Å². The first-order valence-electron chi connectivity index (χ1n) is 15.0. The van der Waals surface area contributed by atoms with Gasteiger partial charge in [0.15, 0.2) is 0 Å². The molecule has 1 aliphatic heterocycles. The molecule has 0 fully saturated rings. The van der Waals surface area contributed by atoms with Crippen molar-refractivity contribution in [2.45, 2.75) is 77.6 Å². The van der Waals surface area contributed by atoms with E-state index in [2.05, 4.69) is 78.5 Å². The number of carbonyl (C=O) groups is 1. The number of benzene rings is 3. The van der Waals surface area contributed by atoms with Gasteiger partial charge in [-0.3, -0.25) is 4.79 Å². The Labute approximate surface area is 273 Å². The number of hydrogen-bond donors (Lipinski definition) is 2. The largest absolute Gasteiger partial charge is 0.489 e. The van der Waals surface area contributed by atoms with E-state index in [0.717, 1.165) is 45.4 Å². The highest BCUT2D eigenvalue weighted by Crippen LogP contribution is 2.41. The molecule has 1 amide bonds. The molecule has 5 rings (SSSR count). The van der Waals surface area contributed by atoms with E-state index in [-0.39, 0.29) is 11.3 Å². The van der Waals surface area contributed by atoms with Crippen molar-refractivity contribution in [1.82, 2.24) is 14.8 Å². The fraction of sp³-hybridized carbons (Fsp3) is 0.343. The number of unbranched alkanes of at least 4 members (excludes halogenated alkanes) is 1. The van der Waals surface area contributed by atoms with Crippen LogP contribution in [0, 0.1) is 6.92 Å². The molecule has 7 nitrogen and oxygen atoms in total. The number of thioether (sulfide) groups is 1. The quantitative estimate of drug-likeness (QED) is 0.129. The zero-order valence-corrected chi connectivity index (χ0v) is 28.6. The van der Waals surface area contributed by atoms with Crippen LogP contribution < -0.4 is 15.4 Å². The van der Waals surface area contributed by atoms with E-state index in [1.54, 1.807) is 11.8 Å². The number of aromatic nitrogens is 3. The van der Waals surface area contributed by atoms with Crippen LogP contribution in [0.4, 0.5) is 11.6 Å². The minimum absolute atomic E-state index is 0.0794. The fourth-order valence-electron chi connectivity index (χ4n) is 5.13. The number of fused-ring (bicyclic) bond motifs is 1. The predicted octanol–water partition coefficient (Wildman–Crippen LogP) is 9.05. The molecule has 44 heavy (non-hydrogen) atoms. The monoisotopic (exact) mass is 673 g/mol. The van der Waals surface area contributed by atoms with Gasteiger partial charge in [0.2, 0.25) is 11.1 Å². The van der Waals surface area contributed by atoms with Gasteiger partial charge in [0.1, 0.15) is 18.4 Å². The van der Waals surface area contributed by atoms with Crippen molar-refractivity contribution < 1.29 is 9.53 Å². The summed E-state index contributed by atoms with van der Waals surface area (Å²) in [4.78, 5) is 18.9. The molecule has 4 aromatic rings. The molecule has 0 radical (unpaired) electrons. The number of nitrogens with zero attached hydrogens (tertiary/aromatic N) is 3. The molecule has 0 aliphatic carbocycles. The Kier molecular flexibility index (Phi) is 9.85. The van der Waals surface area contributed by atoms with Crippen LogP contribution in [0.5, 0.6) is 5.75 Å². The molecule has 3 aromatic carbocycles. The van der Waals surface area contributed by atoms with Crippen molar-refractivity contribution in [3.63, 3.8) is 0 Å². The minimum atomic E-state index is -0.570. The van der Waals surface area contributed by atoms with Crippen LogP contribution >= 0.6 is 27.7 Å². The van der Waals surface area contributed by atoms with Gasteiger partial charge in [-0.15, -0.1) is 5.10 Å². The number of halogens is 1. The molecule has 2 heterocycles. The van der Waals surface area contributed by atoms with Gasteiger partial charge in [-0.25, -0.2) is 4.68 Å². The summed E-state index contributed by atoms with van der Waals surface area (Å²) in [6, 6.07) is 21.7. The molecule has 0 saturated carbocycles. The highest BCUT2D eigenvalue weighted by atomic mass is 79.9. The number of rotatable bonds is 10. The summed E-state index contributed by atoms with van der Waals surface area (Å²) in [6.07, 6.45) is 2.18. The van der Waals surface area contributed by atoms with Gasteiger partial charge in [-0.1, -0.05) is 98.2 Å². The average Bonchev–Trinajstić information content (AvgIpc) is 3.37. The zero-order valence-electron chi connectivity index (χ0n) is 26.2. The Bertz CT molecular complexity index is 1670. The van der Waals surface area contributed by atoms with E-state index in [0.29, 0.717) is 34.7 Å². The minimum Gasteiger partial charge on any atom is -0.489 e. The maximum atomic E-state index is 14.1. The average molecular weight is 675 g/mol. The molecule has 1 aromatic heterocycles. The summed E-state index contributed by atoms with van der Waals surface area (Å²) in [6.45, 7) is 13.1. The van der Waals surface area contributed by atoms with Gasteiger partial charge in [0.25, 0.3) is 5.91 Å². The molecule has 0 spiro atoms. The van der Waals surface area contributed by atoms with Crippen LogP contribution in [-0.2, 0) is 16.8 Å². The predicted molar refractivity (Wildman–Crippen MR) is 184 cm³/mol. The van der Waals surface area contributed by atoms with Crippen molar-refractivity contribution in [1.29, 1.82) is 0 Å². The number of aryl methyl sites for hydroxylation is 1.